The molecule has 0 bridgehead atoms. The van der Waals surface area contributed by atoms with E-state index in [1.54, 1.807) is 6.07 Å². The third kappa shape index (κ3) is 3.35. The van der Waals surface area contributed by atoms with E-state index >= 15 is 0 Å². The molecule has 92 valence electrons. The van der Waals surface area contributed by atoms with E-state index in [1.807, 2.05) is 0 Å². The molecule has 0 fully saturated rings. The van der Waals surface area contributed by atoms with Crippen LogP contribution in [-0.2, 0) is 4.74 Å². The van der Waals surface area contributed by atoms with Gasteiger partial charge in [0.1, 0.15) is 12.7 Å². The van der Waals surface area contributed by atoms with E-state index in [0.717, 1.165) is 0 Å². The Morgan fingerprint density at radius 3 is 2.83 bits per heavy atom. The summed E-state index contributed by atoms with van der Waals surface area (Å²) in [6.45, 7) is 3.44. The Balaban J connectivity index is 2.87. The summed E-state index contributed by atoms with van der Waals surface area (Å²) in [5, 5.41) is 20.0. The summed E-state index contributed by atoms with van der Waals surface area (Å²) in [5.41, 5.74) is 0.122. The van der Waals surface area contributed by atoms with Crippen LogP contribution in [-0.4, -0.2) is 23.8 Å². The molecule has 1 aromatic carbocycles. The number of nitriles is 1. The van der Waals surface area contributed by atoms with Crippen LogP contribution < -0.4 is 5.32 Å². The smallest absolute Gasteiger partial charge is 0.411 e. The Morgan fingerprint density at radius 1 is 1.56 bits per heavy atom. The van der Waals surface area contributed by atoms with Gasteiger partial charge in [0.15, 0.2) is 0 Å². The number of anilines is 1. The lowest BCUT2D eigenvalue weighted by Gasteiger charge is -2.06. The molecule has 0 spiro atoms. The average Bonchev–Trinajstić information content (AvgIpc) is 2.35. The zero-order valence-corrected chi connectivity index (χ0v) is 9.34. The molecule has 1 rings (SSSR count). The van der Waals surface area contributed by atoms with Gasteiger partial charge in [0.05, 0.1) is 11.1 Å². The molecule has 0 heterocycles. The number of hydrogen-bond acceptors (Lipinski definition) is 4. The number of carbonyl (C=O) groups excluding carboxylic acids is 1. The van der Waals surface area contributed by atoms with Crippen LogP contribution in [0.5, 0.6) is 0 Å². The highest BCUT2D eigenvalue weighted by Gasteiger charge is 2.11. The van der Waals surface area contributed by atoms with Crippen LogP contribution in [0.1, 0.15) is 15.9 Å². The molecule has 0 aliphatic heterocycles. The molecule has 2 N–H and O–H groups in total. The minimum absolute atomic E-state index is 0.0379. The van der Waals surface area contributed by atoms with Crippen molar-refractivity contribution in [1.82, 2.24) is 0 Å². The second kappa shape index (κ2) is 6.06. The average molecular weight is 246 g/mol. The summed E-state index contributed by atoms with van der Waals surface area (Å²) in [7, 11) is 0. The van der Waals surface area contributed by atoms with E-state index in [2.05, 4.69) is 16.6 Å². The van der Waals surface area contributed by atoms with Crippen molar-refractivity contribution in [2.24, 2.45) is 0 Å². The second-order valence-corrected chi connectivity index (χ2v) is 3.19. The van der Waals surface area contributed by atoms with Crippen molar-refractivity contribution in [2.75, 3.05) is 11.9 Å². The van der Waals surface area contributed by atoms with Crippen molar-refractivity contribution in [3.63, 3.8) is 0 Å². The third-order valence-electron chi connectivity index (χ3n) is 1.95. The first-order valence-electron chi connectivity index (χ1n) is 4.90. The molecule has 18 heavy (non-hydrogen) atoms. The van der Waals surface area contributed by atoms with Crippen LogP contribution in [0.3, 0.4) is 0 Å². The Hall–Kier alpha value is -2.81. The van der Waals surface area contributed by atoms with Gasteiger partial charge >= 0.3 is 12.1 Å². The van der Waals surface area contributed by atoms with Gasteiger partial charge in [0.25, 0.3) is 0 Å². The molecule has 1 aromatic rings. The number of nitrogens with zero attached hydrogens (tertiary/aromatic N) is 1. The van der Waals surface area contributed by atoms with Crippen molar-refractivity contribution in [3.05, 3.63) is 42.0 Å². The highest BCUT2D eigenvalue weighted by Crippen LogP contribution is 2.15. The molecule has 0 aliphatic rings. The summed E-state index contributed by atoms with van der Waals surface area (Å²) in [5.74, 6) is -1.20. The minimum Gasteiger partial charge on any atom is -0.478 e. The number of carbonyl (C=O) groups is 2. The maximum absolute atomic E-state index is 11.2. The normalized spacial score (nSPS) is 9.06. The molecule has 0 radical (unpaired) electrons. The molecule has 1 amide bonds. The van der Waals surface area contributed by atoms with E-state index in [0.29, 0.717) is 0 Å². The third-order valence-corrected chi connectivity index (χ3v) is 1.95. The first-order chi connectivity index (χ1) is 8.58. The van der Waals surface area contributed by atoms with Gasteiger partial charge in [0.2, 0.25) is 0 Å². The van der Waals surface area contributed by atoms with Crippen molar-refractivity contribution < 1.29 is 19.4 Å². The largest absolute Gasteiger partial charge is 0.478 e. The summed E-state index contributed by atoms with van der Waals surface area (Å²) >= 11 is 0. The number of hydrogen-bond donors (Lipinski definition) is 2. The van der Waals surface area contributed by atoms with Gasteiger partial charge in [-0.05, 0) is 18.2 Å². The fraction of sp³-hybridized carbons (Fsp3) is 0.0833. The standard InChI is InChI=1S/C12H10N2O4/c1-2-5-18-12(17)14-9-3-4-10(11(15)16)8(6-9)7-13/h2-4,6H,1,5H2,(H,14,17)(H,15,16). The van der Waals surface area contributed by atoms with Gasteiger partial charge in [-0.3, -0.25) is 5.32 Å². The number of benzene rings is 1. The van der Waals surface area contributed by atoms with Crippen molar-refractivity contribution in [3.8, 4) is 6.07 Å². The van der Waals surface area contributed by atoms with Crippen LogP contribution in [0.15, 0.2) is 30.9 Å². The summed E-state index contributed by atoms with van der Waals surface area (Å²) < 4.78 is 4.68. The highest BCUT2D eigenvalue weighted by atomic mass is 16.5. The molecule has 6 heteroatoms. The highest BCUT2D eigenvalue weighted by molar-refractivity contribution is 5.92. The quantitative estimate of drug-likeness (QED) is 0.791. The Kier molecular flexibility index (Phi) is 4.46. The Labute approximate surface area is 103 Å². The molecule has 0 aliphatic carbocycles. The summed E-state index contributed by atoms with van der Waals surface area (Å²) in [4.78, 5) is 22.0. The maximum atomic E-state index is 11.2. The summed E-state index contributed by atoms with van der Waals surface area (Å²) in [6, 6.07) is 5.62. The lowest BCUT2D eigenvalue weighted by Crippen LogP contribution is -2.14. The van der Waals surface area contributed by atoms with E-state index in [9.17, 15) is 9.59 Å². The zero-order chi connectivity index (χ0) is 13.5. The van der Waals surface area contributed by atoms with Gasteiger partial charge in [-0.15, -0.1) is 0 Å². The van der Waals surface area contributed by atoms with Crippen LogP contribution in [0.2, 0.25) is 0 Å². The van der Waals surface area contributed by atoms with Gasteiger partial charge in [-0.1, -0.05) is 12.7 Å². The first kappa shape index (κ1) is 13.3. The molecular weight excluding hydrogens is 236 g/mol. The van der Waals surface area contributed by atoms with Gasteiger partial charge < -0.3 is 9.84 Å². The molecule has 0 saturated carbocycles. The molecule has 6 nitrogen and oxygen atoms in total. The SMILES string of the molecule is C=CCOC(=O)Nc1ccc(C(=O)O)c(C#N)c1. The number of carboxylic acids is 1. The zero-order valence-electron chi connectivity index (χ0n) is 9.34. The van der Waals surface area contributed by atoms with Gasteiger partial charge in [-0.25, -0.2) is 9.59 Å². The van der Waals surface area contributed by atoms with Crippen LogP contribution in [0, 0.1) is 11.3 Å². The fourth-order valence-corrected chi connectivity index (χ4v) is 1.19. The fourth-order valence-electron chi connectivity index (χ4n) is 1.19. The molecule has 0 unspecified atom stereocenters. The number of rotatable bonds is 4. The molecule has 0 saturated heterocycles. The Morgan fingerprint density at radius 2 is 2.28 bits per heavy atom. The van der Waals surface area contributed by atoms with Crippen molar-refractivity contribution >= 4 is 17.7 Å². The van der Waals surface area contributed by atoms with E-state index < -0.39 is 12.1 Å². The minimum atomic E-state index is -1.20. The number of aromatic carboxylic acids is 1. The Bertz CT molecular complexity index is 531. The lowest BCUT2D eigenvalue weighted by molar-refractivity contribution is 0.0696. The van der Waals surface area contributed by atoms with E-state index in [1.165, 1.54) is 24.3 Å². The van der Waals surface area contributed by atoms with Gasteiger partial charge in [-0.2, -0.15) is 5.26 Å². The first-order valence-corrected chi connectivity index (χ1v) is 4.90. The summed E-state index contributed by atoms with van der Waals surface area (Å²) in [6.07, 6.45) is 0.704. The lowest BCUT2D eigenvalue weighted by atomic mass is 10.1. The van der Waals surface area contributed by atoms with Crippen molar-refractivity contribution in [2.45, 2.75) is 0 Å². The second-order valence-electron chi connectivity index (χ2n) is 3.19. The monoisotopic (exact) mass is 246 g/mol. The molecular formula is C12H10N2O4. The van der Waals surface area contributed by atoms with Crippen LogP contribution in [0.25, 0.3) is 0 Å². The number of carboxylic acid groups (broad SMARTS) is 1. The molecule has 0 aromatic heterocycles. The predicted molar refractivity (Wildman–Crippen MR) is 63.3 cm³/mol. The van der Waals surface area contributed by atoms with Crippen LogP contribution in [0.4, 0.5) is 10.5 Å². The maximum Gasteiger partial charge on any atom is 0.411 e. The van der Waals surface area contributed by atoms with E-state index in [4.69, 9.17) is 10.4 Å². The topological polar surface area (TPSA) is 99.4 Å². The van der Waals surface area contributed by atoms with Crippen molar-refractivity contribution in [1.29, 1.82) is 5.26 Å². The number of amides is 1. The van der Waals surface area contributed by atoms with E-state index in [-0.39, 0.29) is 23.4 Å². The van der Waals surface area contributed by atoms with Crippen LogP contribution >= 0.6 is 0 Å². The predicted octanol–water partition coefficient (Wildman–Crippen LogP) is 1.99. The number of ether oxygens (including phenoxy) is 1. The van der Waals surface area contributed by atoms with Gasteiger partial charge in [0, 0.05) is 5.69 Å². The molecule has 0 atom stereocenters. The number of nitrogens with one attached hydrogen (secondary N) is 1.